The van der Waals surface area contributed by atoms with Crippen LogP contribution in [0, 0.1) is 17.8 Å². The topological polar surface area (TPSA) is 60.9 Å². The van der Waals surface area contributed by atoms with Crippen LogP contribution in [0.3, 0.4) is 0 Å². The predicted octanol–water partition coefficient (Wildman–Crippen LogP) is 2.41. The minimum atomic E-state index is -0.823. The standard InChI is InChI=1S/C16H26N2O3/c1-10-6-7-17(11(2)8-10)16(21)18-9-12-4-3-5-13(12)14(18)15(19)20/h10-14H,3-9H2,1-2H3,(H,19,20). The van der Waals surface area contributed by atoms with Gasteiger partial charge in [-0.1, -0.05) is 13.3 Å². The van der Waals surface area contributed by atoms with Gasteiger partial charge in [0.15, 0.2) is 0 Å². The van der Waals surface area contributed by atoms with E-state index in [-0.39, 0.29) is 18.0 Å². The summed E-state index contributed by atoms with van der Waals surface area (Å²) in [5, 5.41) is 9.57. The van der Waals surface area contributed by atoms with E-state index in [1.54, 1.807) is 4.90 Å². The maximum absolute atomic E-state index is 12.9. The highest BCUT2D eigenvalue weighted by molar-refractivity contribution is 5.84. The summed E-state index contributed by atoms with van der Waals surface area (Å²) in [7, 11) is 0. The van der Waals surface area contributed by atoms with E-state index in [0.717, 1.165) is 38.6 Å². The van der Waals surface area contributed by atoms with Crippen molar-refractivity contribution in [3.8, 4) is 0 Å². The zero-order valence-corrected chi connectivity index (χ0v) is 13.0. The van der Waals surface area contributed by atoms with Gasteiger partial charge in [-0.2, -0.15) is 0 Å². The second-order valence-corrected chi connectivity index (χ2v) is 7.24. The predicted molar refractivity (Wildman–Crippen MR) is 78.9 cm³/mol. The highest BCUT2D eigenvalue weighted by Crippen LogP contribution is 2.43. The van der Waals surface area contributed by atoms with Crippen molar-refractivity contribution in [1.82, 2.24) is 9.80 Å². The number of fused-ring (bicyclic) bond motifs is 1. The molecule has 0 spiro atoms. The molecule has 2 aliphatic heterocycles. The van der Waals surface area contributed by atoms with Crippen LogP contribution in [0.1, 0.15) is 46.0 Å². The van der Waals surface area contributed by atoms with Gasteiger partial charge in [-0.25, -0.2) is 9.59 Å². The van der Waals surface area contributed by atoms with Crippen LogP contribution in [-0.2, 0) is 4.79 Å². The maximum atomic E-state index is 12.9. The average molecular weight is 294 g/mol. The molecule has 1 aliphatic carbocycles. The molecule has 1 N–H and O–H groups in total. The second kappa shape index (κ2) is 5.50. The molecule has 3 rings (SSSR count). The number of hydrogen-bond acceptors (Lipinski definition) is 2. The Bertz CT molecular complexity index is 439. The molecular formula is C16H26N2O3. The normalized spacial score (nSPS) is 39.4. The molecule has 0 aromatic rings. The summed E-state index contributed by atoms with van der Waals surface area (Å²) >= 11 is 0. The summed E-state index contributed by atoms with van der Waals surface area (Å²) in [5.74, 6) is 0.396. The molecule has 118 valence electrons. The number of aliphatic carboxylic acids is 1. The third-order valence-electron chi connectivity index (χ3n) is 5.77. The minimum Gasteiger partial charge on any atom is -0.480 e. The monoisotopic (exact) mass is 294 g/mol. The van der Waals surface area contributed by atoms with Crippen molar-refractivity contribution in [3.05, 3.63) is 0 Å². The molecule has 0 bridgehead atoms. The number of likely N-dealkylation sites (tertiary alicyclic amines) is 2. The van der Waals surface area contributed by atoms with Gasteiger partial charge in [0.2, 0.25) is 0 Å². The van der Waals surface area contributed by atoms with Gasteiger partial charge in [-0.3, -0.25) is 0 Å². The number of amides is 2. The minimum absolute atomic E-state index is 0.0452. The molecule has 0 aromatic heterocycles. The van der Waals surface area contributed by atoms with E-state index >= 15 is 0 Å². The molecular weight excluding hydrogens is 268 g/mol. The molecule has 21 heavy (non-hydrogen) atoms. The van der Waals surface area contributed by atoms with Crippen molar-refractivity contribution in [2.45, 2.75) is 58.0 Å². The van der Waals surface area contributed by atoms with Crippen LogP contribution >= 0.6 is 0 Å². The van der Waals surface area contributed by atoms with Gasteiger partial charge in [-0.15, -0.1) is 0 Å². The quantitative estimate of drug-likeness (QED) is 0.808. The molecule has 0 radical (unpaired) electrons. The van der Waals surface area contributed by atoms with E-state index in [2.05, 4.69) is 13.8 Å². The molecule has 2 amide bonds. The number of carbonyl (C=O) groups excluding carboxylic acids is 1. The number of carboxylic acid groups (broad SMARTS) is 1. The fraction of sp³-hybridized carbons (Fsp3) is 0.875. The molecule has 3 aliphatic rings. The molecule has 2 heterocycles. The van der Waals surface area contributed by atoms with Crippen molar-refractivity contribution >= 4 is 12.0 Å². The number of piperidine rings is 1. The smallest absolute Gasteiger partial charge is 0.326 e. The van der Waals surface area contributed by atoms with Crippen molar-refractivity contribution in [1.29, 1.82) is 0 Å². The van der Waals surface area contributed by atoms with Gasteiger partial charge >= 0.3 is 12.0 Å². The van der Waals surface area contributed by atoms with Gasteiger partial charge < -0.3 is 14.9 Å². The summed E-state index contributed by atoms with van der Waals surface area (Å²) in [5.41, 5.74) is 0. The molecule has 5 unspecified atom stereocenters. The molecule has 1 saturated carbocycles. The zero-order valence-electron chi connectivity index (χ0n) is 13.0. The van der Waals surface area contributed by atoms with E-state index in [1.807, 2.05) is 4.90 Å². The SMILES string of the molecule is CC1CCN(C(=O)N2CC3CCCC3C2C(=O)O)C(C)C1. The second-order valence-electron chi connectivity index (χ2n) is 7.24. The van der Waals surface area contributed by atoms with Crippen LogP contribution in [0.5, 0.6) is 0 Å². The fourth-order valence-corrected chi connectivity index (χ4v) is 4.68. The lowest BCUT2D eigenvalue weighted by atomic mass is 9.93. The Hall–Kier alpha value is -1.26. The van der Waals surface area contributed by atoms with Crippen LogP contribution in [0.4, 0.5) is 4.79 Å². The first kappa shape index (κ1) is 14.7. The van der Waals surface area contributed by atoms with Crippen molar-refractivity contribution in [2.75, 3.05) is 13.1 Å². The van der Waals surface area contributed by atoms with E-state index < -0.39 is 12.0 Å². The van der Waals surface area contributed by atoms with Crippen molar-refractivity contribution < 1.29 is 14.7 Å². The Labute approximate surface area is 126 Å². The highest BCUT2D eigenvalue weighted by atomic mass is 16.4. The van der Waals surface area contributed by atoms with Gasteiger partial charge in [0.05, 0.1) is 0 Å². The third-order valence-corrected chi connectivity index (χ3v) is 5.77. The maximum Gasteiger partial charge on any atom is 0.326 e. The largest absolute Gasteiger partial charge is 0.480 e. The zero-order chi connectivity index (χ0) is 15.1. The number of carbonyl (C=O) groups is 2. The van der Waals surface area contributed by atoms with Crippen LogP contribution < -0.4 is 0 Å². The molecule has 0 aromatic carbocycles. The van der Waals surface area contributed by atoms with E-state index in [9.17, 15) is 14.7 Å². The Balaban J connectivity index is 1.76. The first-order valence-electron chi connectivity index (χ1n) is 8.29. The number of nitrogens with zero attached hydrogens (tertiary/aromatic N) is 2. The molecule has 3 fully saturated rings. The van der Waals surface area contributed by atoms with Gasteiger partial charge in [0.1, 0.15) is 6.04 Å². The first-order chi connectivity index (χ1) is 9.99. The van der Waals surface area contributed by atoms with E-state index in [0.29, 0.717) is 18.4 Å². The Morgan fingerprint density at radius 3 is 2.52 bits per heavy atom. The summed E-state index contributed by atoms with van der Waals surface area (Å²) in [6.07, 6.45) is 5.18. The molecule has 5 heteroatoms. The van der Waals surface area contributed by atoms with Gasteiger partial charge in [-0.05, 0) is 50.4 Å². The Kier molecular flexibility index (Phi) is 3.84. The van der Waals surface area contributed by atoms with Gasteiger partial charge in [0.25, 0.3) is 0 Å². The Morgan fingerprint density at radius 2 is 1.86 bits per heavy atom. The van der Waals surface area contributed by atoms with Crippen LogP contribution in [0.25, 0.3) is 0 Å². The van der Waals surface area contributed by atoms with E-state index in [1.165, 1.54) is 0 Å². The number of rotatable bonds is 1. The number of urea groups is 1. The van der Waals surface area contributed by atoms with Crippen LogP contribution in [-0.4, -0.2) is 52.1 Å². The lowest BCUT2D eigenvalue weighted by molar-refractivity contribution is -0.142. The fourth-order valence-electron chi connectivity index (χ4n) is 4.68. The lowest BCUT2D eigenvalue weighted by Crippen LogP contribution is -2.54. The summed E-state index contributed by atoms with van der Waals surface area (Å²) in [6.45, 7) is 5.71. The van der Waals surface area contributed by atoms with Crippen molar-refractivity contribution in [2.24, 2.45) is 17.8 Å². The average Bonchev–Trinajstić information content (AvgIpc) is 2.96. The Morgan fingerprint density at radius 1 is 1.10 bits per heavy atom. The number of carboxylic acids is 1. The summed E-state index contributed by atoms with van der Waals surface area (Å²) in [6, 6.07) is -0.427. The summed E-state index contributed by atoms with van der Waals surface area (Å²) in [4.78, 5) is 28.1. The number of hydrogen-bond donors (Lipinski definition) is 1. The first-order valence-corrected chi connectivity index (χ1v) is 8.29. The lowest BCUT2D eigenvalue weighted by Gasteiger charge is -2.40. The van der Waals surface area contributed by atoms with E-state index in [4.69, 9.17) is 0 Å². The molecule has 5 atom stereocenters. The molecule has 2 saturated heterocycles. The summed E-state index contributed by atoms with van der Waals surface area (Å²) < 4.78 is 0. The van der Waals surface area contributed by atoms with Gasteiger partial charge in [0, 0.05) is 19.1 Å². The highest BCUT2D eigenvalue weighted by Gasteiger charge is 2.50. The van der Waals surface area contributed by atoms with Crippen molar-refractivity contribution in [3.63, 3.8) is 0 Å². The van der Waals surface area contributed by atoms with Crippen LogP contribution in [0.2, 0.25) is 0 Å². The van der Waals surface area contributed by atoms with Crippen LogP contribution in [0.15, 0.2) is 0 Å². The molecule has 5 nitrogen and oxygen atoms in total. The third kappa shape index (κ3) is 2.51.